The first-order chi connectivity index (χ1) is 17.8. The van der Waals surface area contributed by atoms with Crippen LogP contribution in [0.15, 0.2) is 48.9 Å². The lowest BCUT2D eigenvalue weighted by Crippen LogP contribution is -2.48. The van der Waals surface area contributed by atoms with Gasteiger partial charge in [-0.1, -0.05) is 37.6 Å². The fraction of sp³-hybridized carbons (Fsp3) is 0.393. The Kier molecular flexibility index (Phi) is 8.66. The Bertz CT molecular complexity index is 1260. The minimum absolute atomic E-state index is 0.0824. The van der Waals surface area contributed by atoms with Crippen LogP contribution < -0.4 is 16.0 Å². The van der Waals surface area contributed by atoms with Gasteiger partial charge in [0.2, 0.25) is 11.8 Å². The first-order valence-electron chi connectivity index (χ1n) is 12.7. The number of hydrogen-bond donors (Lipinski definition) is 3. The molecule has 2 aromatic carbocycles. The van der Waals surface area contributed by atoms with Crippen LogP contribution in [-0.2, 0) is 35.5 Å². The summed E-state index contributed by atoms with van der Waals surface area (Å²) in [6, 6.07) is 9.60. The molecule has 2 atom stereocenters. The van der Waals surface area contributed by atoms with Crippen molar-refractivity contribution < 1.29 is 18.4 Å². The molecule has 0 unspecified atom stereocenters. The van der Waals surface area contributed by atoms with Gasteiger partial charge in [-0.25, -0.2) is 13.8 Å². The Labute approximate surface area is 215 Å². The van der Waals surface area contributed by atoms with Gasteiger partial charge in [0.25, 0.3) is 0 Å². The van der Waals surface area contributed by atoms with Crippen molar-refractivity contribution in [2.24, 2.45) is 0 Å². The van der Waals surface area contributed by atoms with Gasteiger partial charge >= 0.3 is 0 Å². The van der Waals surface area contributed by atoms with Gasteiger partial charge in [-0.3, -0.25) is 9.59 Å². The highest BCUT2D eigenvalue weighted by atomic mass is 19.1. The molecular formula is C28H33F2N5O2. The number of carbonyl (C=O) groups excluding carboxylic acids is 2. The van der Waals surface area contributed by atoms with Crippen LogP contribution in [0.3, 0.4) is 0 Å². The number of benzene rings is 2. The van der Waals surface area contributed by atoms with Crippen molar-refractivity contribution in [2.45, 2.75) is 71.1 Å². The van der Waals surface area contributed by atoms with Crippen molar-refractivity contribution in [3.05, 3.63) is 82.8 Å². The highest BCUT2D eigenvalue weighted by molar-refractivity contribution is 5.94. The quantitative estimate of drug-likeness (QED) is 0.385. The maximum absolute atomic E-state index is 14.3. The lowest BCUT2D eigenvalue weighted by Gasteiger charge is -2.29. The zero-order valence-electron chi connectivity index (χ0n) is 21.2. The van der Waals surface area contributed by atoms with Crippen molar-refractivity contribution in [3.63, 3.8) is 0 Å². The predicted octanol–water partition coefficient (Wildman–Crippen LogP) is 4.04. The van der Waals surface area contributed by atoms with E-state index >= 15 is 0 Å². The van der Waals surface area contributed by atoms with E-state index in [4.69, 9.17) is 0 Å². The van der Waals surface area contributed by atoms with Crippen LogP contribution in [0.1, 0.15) is 48.4 Å². The Morgan fingerprint density at radius 1 is 1.22 bits per heavy atom. The van der Waals surface area contributed by atoms with Crippen LogP contribution >= 0.6 is 0 Å². The van der Waals surface area contributed by atoms with Gasteiger partial charge < -0.3 is 20.5 Å². The van der Waals surface area contributed by atoms with Gasteiger partial charge in [-0.2, -0.15) is 0 Å². The third-order valence-corrected chi connectivity index (χ3v) is 6.74. The number of aryl methyl sites for hydroxylation is 2. The molecule has 1 aromatic heterocycles. The average molecular weight is 510 g/mol. The molecule has 4 rings (SSSR count). The van der Waals surface area contributed by atoms with Crippen LogP contribution in [0.25, 0.3) is 0 Å². The van der Waals surface area contributed by atoms with Crippen molar-refractivity contribution in [1.82, 2.24) is 20.2 Å². The largest absolute Gasteiger partial charge is 0.350 e. The lowest BCUT2D eigenvalue weighted by atomic mass is 9.87. The first-order valence-corrected chi connectivity index (χ1v) is 12.7. The van der Waals surface area contributed by atoms with Gasteiger partial charge in [-0.15, -0.1) is 0 Å². The maximum atomic E-state index is 14.3. The zero-order valence-corrected chi connectivity index (χ0v) is 21.2. The van der Waals surface area contributed by atoms with Crippen LogP contribution in [0.4, 0.5) is 14.6 Å². The van der Waals surface area contributed by atoms with Crippen LogP contribution in [0.5, 0.6) is 0 Å². The van der Waals surface area contributed by atoms with Gasteiger partial charge in [-0.05, 0) is 60.9 Å². The second kappa shape index (κ2) is 12.1. The number of amides is 2. The molecule has 3 N–H and O–H groups in total. The van der Waals surface area contributed by atoms with Gasteiger partial charge in [0.15, 0.2) is 5.82 Å². The van der Waals surface area contributed by atoms with Crippen molar-refractivity contribution in [3.8, 4) is 0 Å². The van der Waals surface area contributed by atoms with Crippen molar-refractivity contribution in [2.75, 3.05) is 5.32 Å². The number of rotatable bonds is 10. The van der Waals surface area contributed by atoms with E-state index < -0.39 is 17.7 Å². The van der Waals surface area contributed by atoms with Crippen molar-refractivity contribution in [1.29, 1.82) is 0 Å². The normalized spacial score (nSPS) is 15.6. The van der Waals surface area contributed by atoms with E-state index in [0.29, 0.717) is 49.2 Å². The summed E-state index contributed by atoms with van der Waals surface area (Å²) in [5.74, 6) is -1.13. The monoisotopic (exact) mass is 509 g/mol. The third-order valence-electron chi connectivity index (χ3n) is 6.74. The molecule has 1 aliphatic carbocycles. The first kappa shape index (κ1) is 26.5. The molecule has 0 fully saturated rings. The number of imidazole rings is 1. The number of fused-ring (bicyclic) bond motifs is 1. The molecular weight excluding hydrogens is 476 g/mol. The summed E-state index contributed by atoms with van der Waals surface area (Å²) in [5, 5.41) is 9.09. The topological polar surface area (TPSA) is 88.0 Å². The Hall–Kier alpha value is -3.59. The number of nitrogens with one attached hydrogen (secondary N) is 3. The number of nitrogens with zero attached hydrogens (tertiary/aromatic N) is 2. The summed E-state index contributed by atoms with van der Waals surface area (Å²) in [7, 11) is 0. The van der Waals surface area contributed by atoms with Crippen molar-refractivity contribution >= 4 is 17.6 Å². The van der Waals surface area contributed by atoms with Crippen LogP contribution in [0.2, 0.25) is 0 Å². The molecule has 0 radical (unpaired) electrons. The zero-order chi connectivity index (χ0) is 26.4. The minimum atomic E-state index is -0.561. The molecule has 196 valence electrons. The average Bonchev–Trinajstić information content (AvgIpc) is 3.30. The number of aromatic nitrogens is 2. The highest BCUT2D eigenvalue weighted by Gasteiger charge is 2.27. The second-order valence-electron chi connectivity index (χ2n) is 9.60. The number of hydrogen-bond acceptors (Lipinski definition) is 4. The molecule has 0 saturated heterocycles. The molecule has 2 amide bonds. The molecule has 0 bridgehead atoms. The Morgan fingerprint density at radius 3 is 2.81 bits per heavy atom. The molecule has 7 nitrogen and oxygen atoms in total. The van der Waals surface area contributed by atoms with Gasteiger partial charge in [0, 0.05) is 24.8 Å². The molecule has 1 aliphatic rings. The summed E-state index contributed by atoms with van der Waals surface area (Å²) in [6.45, 7) is 4.52. The number of anilines is 1. The summed E-state index contributed by atoms with van der Waals surface area (Å²) in [6.07, 6.45) is 6.15. The fourth-order valence-corrected chi connectivity index (χ4v) is 4.74. The summed E-state index contributed by atoms with van der Waals surface area (Å²) < 4.78 is 29.4. The molecule has 9 heteroatoms. The van der Waals surface area contributed by atoms with E-state index in [2.05, 4.69) is 20.9 Å². The van der Waals surface area contributed by atoms with Gasteiger partial charge in [0.1, 0.15) is 18.2 Å². The minimum Gasteiger partial charge on any atom is -0.350 e. The summed E-state index contributed by atoms with van der Waals surface area (Å²) in [5.41, 5.74) is 3.38. The van der Waals surface area contributed by atoms with E-state index in [0.717, 1.165) is 23.6 Å². The maximum Gasteiger partial charge on any atom is 0.242 e. The van der Waals surface area contributed by atoms with E-state index in [-0.39, 0.29) is 24.4 Å². The molecule has 0 aliphatic heterocycles. The highest BCUT2D eigenvalue weighted by Crippen LogP contribution is 2.26. The summed E-state index contributed by atoms with van der Waals surface area (Å²) >= 11 is 0. The molecule has 0 spiro atoms. The number of carbonyl (C=O) groups is 2. The number of halogens is 2. The van der Waals surface area contributed by atoms with Crippen LogP contribution in [0, 0.1) is 18.6 Å². The second-order valence-corrected chi connectivity index (χ2v) is 9.60. The SMILES string of the molecule is CCC[C@H](N[C@H]1CCc2cc(F)cc(F)c2C1)C(=O)Nc1cn(CC(=O)NCc2ccccc2C)cn1. The van der Waals surface area contributed by atoms with E-state index in [1.54, 1.807) is 10.8 Å². The van der Waals surface area contributed by atoms with E-state index in [9.17, 15) is 18.4 Å². The molecule has 37 heavy (non-hydrogen) atoms. The lowest BCUT2D eigenvalue weighted by molar-refractivity contribution is -0.122. The smallest absolute Gasteiger partial charge is 0.242 e. The van der Waals surface area contributed by atoms with E-state index in [1.165, 1.54) is 12.4 Å². The van der Waals surface area contributed by atoms with E-state index in [1.807, 2.05) is 38.1 Å². The Morgan fingerprint density at radius 2 is 2.03 bits per heavy atom. The molecule has 0 saturated carbocycles. The van der Waals surface area contributed by atoms with Gasteiger partial charge in [0.05, 0.1) is 12.4 Å². The fourth-order valence-electron chi connectivity index (χ4n) is 4.74. The third kappa shape index (κ3) is 7.01. The standard InChI is InChI=1S/C28H33F2N5O2/c1-3-6-25(33-22-10-9-19-11-21(29)12-24(30)23(19)13-22)28(37)34-26-15-35(17-32-26)16-27(36)31-14-20-8-5-4-7-18(20)2/h4-5,7-8,11-12,15,17,22,25,33H,3,6,9-10,13-14,16H2,1-2H3,(H,31,36)(H,34,37)/t22-,25-/m0/s1. The Balaban J connectivity index is 1.30. The van der Waals surface area contributed by atoms with Crippen LogP contribution in [-0.4, -0.2) is 33.4 Å². The molecule has 3 aromatic rings. The predicted molar refractivity (Wildman–Crippen MR) is 138 cm³/mol. The molecule has 1 heterocycles. The summed E-state index contributed by atoms with van der Waals surface area (Å²) in [4.78, 5) is 29.6.